The highest BCUT2D eigenvalue weighted by atomic mass is 19.1. The molecule has 16 heavy (non-hydrogen) atoms. The molecule has 1 nitrogen and oxygen atoms in total. The van der Waals surface area contributed by atoms with Gasteiger partial charge in [-0.25, -0.2) is 4.39 Å². The second kappa shape index (κ2) is 8.28. The van der Waals surface area contributed by atoms with Crippen LogP contribution in [0.15, 0.2) is 18.2 Å². The molecule has 0 aliphatic heterocycles. The van der Waals surface area contributed by atoms with Crippen LogP contribution in [0.5, 0.6) is 0 Å². The van der Waals surface area contributed by atoms with E-state index in [2.05, 4.69) is 19.2 Å². The number of hydrogen-bond donors (Lipinski definition) is 1. The highest BCUT2D eigenvalue weighted by Gasteiger charge is 1.98. The van der Waals surface area contributed by atoms with E-state index in [1.807, 2.05) is 26.8 Å². The highest BCUT2D eigenvalue weighted by Crippen LogP contribution is 2.08. The van der Waals surface area contributed by atoms with Crippen LogP contribution in [0.3, 0.4) is 0 Å². The zero-order valence-corrected chi connectivity index (χ0v) is 11.1. The Bertz CT molecular complexity index is 275. The Morgan fingerprint density at radius 2 is 1.81 bits per heavy atom. The lowest BCUT2D eigenvalue weighted by molar-refractivity contribution is 0.550. The maximum atomic E-state index is 13.0. The first kappa shape index (κ1) is 15.1. The molecule has 1 N–H and O–H groups in total. The first-order valence-corrected chi connectivity index (χ1v) is 6.04. The van der Waals surface area contributed by atoms with Gasteiger partial charge in [-0.3, -0.25) is 0 Å². The second-order valence-corrected chi connectivity index (χ2v) is 4.16. The van der Waals surface area contributed by atoms with Gasteiger partial charge in [-0.15, -0.1) is 0 Å². The van der Waals surface area contributed by atoms with Crippen LogP contribution < -0.4 is 5.32 Å². The molecule has 0 saturated heterocycles. The SMILES string of the molecule is CC.Cc1cc(F)cc(CNCC(C)C)c1. The van der Waals surface area contributed by atoms with Gasteiger partial charge >= 0.3 is 0 Å². The van der Waals surface area contributed by atoms with Crippen molar-refractivity contribution < 1.29 is 4.39 Å². The second-order valence-electron chi connectivity index (χ2n) is 4.16. The van der Waals surface area contributed by atoms with Crippen molar-refractivity contribution in [1.82, 2.24) is 5.32 Å². The van der Waals surface area contributed by atoms with Gasteiger partial charge in [0.1, 0.15) is 5.82 Å². The van der Waals surface area contributed by atoms with Crippen molar-refractivity contribution in [2.24, 2.45) is 5.92 Å². The van der Waals surface area contributed by atoms with E-state index in [1.54, 1.807) is 12.1 Å². The van der Waals surface area contributed by atoms with E-state index in [0.717, 1.165) is 24.2 Å². The summed E-state index contributed by atoms with van der Waals surface area (Å²) in [6.45, 7) is 11.9. The van der Waals surface area contributed by atoms with E-state index in [4.69, 9.17) is 0 Å². The fourth-order valence-electron chi connectivity index (χ4n) is 1.42. The molecule has 0 unspecified atom stereocenters. The van der Waals surface area contributed by atoms with E-state index < -0.39 is 0 Å². The van der Waals surface area contributed by atoms with Crippen molar-refractivity contribution in [2.45, 2.75) is 41.2 Å². The van der Waals surface area contributed by atoms with Crippen LogP contribution in [0.25, 0.3) is 0 Å². The third kappa shape index (κ3) is 6.57. The average Bonchev–Trinajstić information content (AvgIpc) is 2.18. The minimum Gasteiger partial charge on any atom is -0.312 e. The summed E-state index contributed by atoms with van der Waals surface area (Å²) in [6.07, 6.45) is 0. The van der Waals surface area contributed by atoms with Gasteiger partial charge < -0.3 is 5.32 Å². The average molecular weight is 225 g/mol. The zero-order chi connectivity index (χ0) is 12.6. The van der Waals surface area contributed by atoms with E-state index in [9.17, 15) is 4.39 Å². The molecule has 0 amide bonds. The molecule has 0 spiro atoms. The van der Waals surface area contributed by atoms with Crippen molar-refractivity contribution in [3.05, 3.63) is 35.1 Å². The Balaban J connectivity index is 0.00000106. The lowest BCUT2D eigenvalue weighted by atomic mass is 10.1. The normalized spacial score (nSPS) is 9.94. The molecule has 1 rings (SSSR count). The van der Waals surface area contributed by atoms with Gasteiger partial charge in [-0.1, -0.05) is 33.8 Å². The van der Waals surface area contributed by atoms with Gasteiger partial charge in [0.2, 0.25) is 0 Å². The lowest BCUT2D eigenvalue weighted by Gasteiger charge is -2.08. The number of nitrogens with one attached hydrogen (secondary N) is 1. The van der Waals surface area contributed by atoms with Gasteiger partial charge in [0.15, 0.2) is 0 Å². The summed E-state index contributed by atoms with van der Waals surface area (Å²) in [5, 5.41) is 3.29. The van der Waals surface area contributed by atoms with E-state index in [0.29, 0.717) is 5.92 Å². The molecule has 0 fully saturated rings. The molecule has 0 aliphatic carbocycles. The highest BCUT2D eigenvalue weighted by molar-refractivity contribution is 5.23. The predicted molar refractivity (Wildman–Crippen MR) is 69.0 cm³/mol. The van der Waals surface area contributed by atoms with Crippen molar-refractivity contribution in [2.75, 3.05) is 6.54 Å². The van der Waals surface area contributed by atoms with Crippen molar-refractivity contribution in [3.63, 3.8) is 0 Å². The molecule has 2 heteroatoms. The van der Waals surface area contributed by atoms with Gasteiger partial charge in [0, 0.05) is 6.54 Å². The van der Waals surface area contributed by atoms with Gasteiger partial charge in [-0.2, -0.15) is 0 Å². The first-order chi connectivity index (χ1) is 7.58. The molecule has 92 valence electrons. The molecule has 0 atom stereocenters. The Morgan fingerprint density at radius 3 is 2.31 bits per heavy atom. The van der Waals surface area contributed by atoms with Crippen molar-refractivity contribution in [3.8, 4) is 0 Å². The van der Waals surface area contributed by atoms with Crippen LogP contribution in [0.4, 0.5) is 4.39 Å². The Kier molecular flexibility index (Phi) is 7.82. The summed E-state index contributed by atoms with van der Waals surface area (Å²) < 4.78 is 13.0. The lowest BCUT2D eigenvalue weighted by Crippen LogP contribution is -2.19. The summed E-state index contributed by atoms with van der Waals surface area (Å²) in [6, 6.07) is 5.14. The summed E-state index contributed by atoms with van der Waals surface area (Å²) in [7, 11) is 0. The maximum Gasteiger partial charge on any atom is 0.123 e. The summed E-state index contributed by atoms with van der Waals surface area (Å²) in [5.41, 5.74) is 1.99. The third-order valence-corrected chi connectivity index (χ3v) is 1.98. The predicted octanol–water partition coefficient (Wildman–Crippen LogP) is 3.91. The van der Waals surface area contributed by atoms with Crippen LogP contribution in [0.2, 0.25) is 0 Å². The molecule has 0 aliphatic rings. The van der Waals surface area contributed by atoms with E-state index >= 15 is 0 Å². The Hall–Kier alpha value is -0.890. The molecular weight excluding hydrogens is 201 g/mol. The monoisotopic (exact) mass is 225 g/mol. The Morgan fingerprint density at radius 1 is 1.19 bits per heavy atom. The molecule has 0 aromatic heterocycles. The summed E-state index contributed by atoms with van der Waals surface area (Å²) in [4.78, 5) is 0. The molecule has 0 heterocycles. The molecule has 0 radical (unpaired) electrons. The van der Waals surface area contributed by atoms with Crippen molar-refractivity contribution in [1.29, 1.82) is 0 Å². The summed E-state index contributed by atoms with van der Waals surface area (Å²) >= 11 is 0. The Labute approximate surface area is 99.1 Å². The third-order valence-electron chi connectivity index (χ3n) is 1.98. The molecule has 1 aromatic carbocycles. The van der Waals surface area contributed by atoms with Crippen LogP contribution in [-0.4, -0.2) is 6.54 Å². The molecule has 0 saturated carbocycles. The molecule has 1 aromatic rings. The fourth-order valence-corrected chi connectivity index (χ4v) is 1.42. The maximum absolute atomic E-state index is 13.0. The first-order valence-electron chi connectivity index (χ1n) is 6.04. The summed E-state index contributed by atoms with van der Waals surface area (Å²) in [5.74, 6) is 0.482. The molecule has 0 bridgehead atoms. The van der Waals surface area contributed by atoms with Gasteiger partial charge in [-0.05, 0) is 42.6 Å². The topological polar surface area (TPSA) is 12.0 Å². The molecular formula is C14H24FN. The minimum absolute atomic E-state index is 0.147. The number of aryl methyl sites for hydroxylation is 1. The van der Waals surface area contributed by atoms with Crippen LogP contribution in [0, 0.1) is 18.7 Å². The van der Waals surface area contributed by atoms with Crippen LogP contribution >= 0.6 is 0 Å². The quantitative estimate of drug-likeness (QED) is 0.819. The van der Waals surface area contributed by atoms with Crippen LogP contribution in [-0.2, 0) is 6.54 Å². The smallest absolute Gasteiger partial charge is 0.123 e. The number of benzene rings is 1. The van der Waals surface area contributed by atoms with Gasteiger partial charge in [0.25, 0.3) is 0 Å². The van der Waals surface area contributed by atoms with Crippen molar-refractivity contribution >= 4 is 0 Å². The fraction of sp³-hybridized carbons (Fsp3) is 0.571. The van der Waals surface area contributed by atoms with E-state index in [1.165, 1.54) is 0 Å². The standard InChI is InChI=1S/C12H18FN.C2H6/c1-9(2)7-14-8-11-4-10(3)5-12(13)6-11;1-2/h4-6,9,14H,7-8H2,1-3H3;1-2H3. The van der Waals surface area contributed by atoms with Crippen LogP contribution in [0.1, 0.15) is 38.8 Å². The largest absolute Gasteiger partial charge is 0.312 e. The number of halogens is 1. The minimum atomic E-state index is -0.147. The van der Waals surface area contributed by atoms with Gasteiger partial charge in [0.05, 0.1) is 0 Å². The zero-order valence-electron chi connectivity index (χ0n) is 11.1. The number of rotatable bonds is 4. The van der Waals surface area contributed by atoms with E-state index in [-0.39, 0.29) is 5.82 Å². The number of hydrogen-bond acceptors (Lipinski definition) is 1.